The third-order valence-corrected chi connectivity index (χ3v) is 7.33. The van der Waals surface area contributed by atoms with Crippen LogP contribution in [0.25, 0.3) is 5.70 Å². The molecule has 2 amide bonds. The first-order valence-electron chi connectivity index (χ1n) is 11.4. The van der Waals surface area contributed by atoms with Crippen LogP contribution in [0.3, 0.4) is 0 Å². The number of aromatic nitrogens is 2. The molecule has 13 heteroatoms. The van der Waals surface area contributed by atoms with E-state index in [0.29, 0.717) is 18.5 Å². The quantitative estimate of drug-likeness (QED) is 0.216. The summed E-state index contributed by atoms with van der Waals surface area (Å²) in [6, 6.07) is 2.66. The van der Waals surface area contributed by atoms with Gasteiger partial charge in [0.05, 0.1) is 6.04 Å². The molecule has 0 bridgehead atoms. The fraction of sp³-hybridized carbons (Fsp3) is 0.391. The molecule has 2 atom stereocenters. The van der Waals surface area contributed by atoms with Gasteiger partial charge in [0.2, 0.25) is 5.70 Å². The monoisotopic (exact) mass is 514 g/mol. The van der Waals surface area contributed by atoms with Crippen LogP contribution in [0.2, 0.25) is 0 Å². The standard InChI is InChI=1S/C23H24N6O5S.H2O/c1-34-27-17(13-11-35-23(24)25-13)20(30)26-18-15-8-9-16(19(22(32)33)29(15)21(18)31)28-10-4-6-12-5-2-3-7-14(12)28;/h4,6,10-11,15,18H,2-3,5,7-9H2,1H3,(H3-,24,25,26,30,32,33);1H2/t15?,18-;/m0./s1. The number of fused-ring (bicyclic) bond motifs is 2. The van der Waals surface area contributed by atoms with Crippen molar-refractivity contribution in [3.63, 3.8) is 0 Å². The van der Waals surface area contributed by atoms with Gasteiger partial charge in [0.1, 0.15) is 18.8 Å². The zero-order valence-electron chi connectivity index (χ0n) is 19.5. The Morgan fingerprint density at radius 3 is 2.81 bits per heavy atom. The lowest BCUT2D eigenvalue weighted by Crippen LogP contribution is -2.72. The van der Waals surface area contributed by atoms with Crippen molar-refractivity contribution in [1.82, 2.24) is 15.2 Å². The summed E-state index contributed by atoms with van der Waals surface area (Å²) >= 11 is 1.15. The van der Waals surface area contributed by atoms with E-state index >= 15 is 0 Å². The lowest BCUT2D eigenvalue weighted by atomic mass is 9.84. The summed E-state index contributed by atoms with van der Waals surface area (Å²) in [4.78, 5) is 48.5. The molecule has 2 aromatic heterocycles. The maximum Gasteiger partial charge on any atom is 0.359 e. The van der Waals surface area contributed by atoms with Crippen LogP contribution < -0.4 is 15.6 Å². The number of nitrogens with one attached hydrogen (secondary N) is 1. The number of aliphatic carboxylic acids is 1. The fourth-order valence-corrected chi connectivity index (χ4v) is 5.68. The number of hydrogen-bond acceptors (Lipinski definition) is 9. The molecule has 12 nitrogen and oxygen atoms in total. The van der Waals surface area contributed by atoms with Crippen molar-refractivity contribution in [1.29, 1.82) is 0 Å². The van der Waals surface area contributed by atoms with Crippen LogP contribution in [0, 0.1) is 0 Å². The van der Waals surface area contributed by atoms with E-state index in [4.69, 9.17) is 10.6 Å². The van der Waals surface area contributed by atoms with Crippen molar-refractivity contribution in [3.05, 3.63) is 46.4 Å². The van der Waals surface area contributed by atoms with E-state index in [1.165, 1.54) is 17.6 Å². The third-order valence-electron chi connectivity index (χ3n) is 6.66. The molecule has 1 fully saturated rings. The summed E-state index contributed by atoms with van der Waals surface area (Å²) in [6.45, 7) is 0. The smallest absolute Gasteiger partial charge is 0.359 e. The van der Waals surface area contributed by atoms with E-state index in [1.807, 2.05) is 16.8 Å². The van der Waals surface area contributed by atoms with Crippen molar-refractivity contribution < 1.29 is 34.4 Å². The van der Waals surface area contributed by atoms with E-state index in [2.05, 4.69) is 21.5 Å². The number of anilines is 1. The summed E-state index contributed by atoms with van der Waals surface area (Å²) < 4.78 is 1.95. The molecule has 190 valence electrons. The Morgan fingerprint density at radius 1 is 1.33 bits per heavy atom. The fourth-order valence-electron chi connectivity index (χ4n) is 5.13. The summed E-state index contributed by atoms with van der Waals surface area (Å²) in [5.41, 5.74) is 8.68. The Kier molecular flexibility index (Phi) is 7.04. The largest absolute Gasteiger partial charge is 0.870 e. The number of nitrogens with zero attached hydrogens (tertiary/aromatic N) is 4. The molecule has 0 spiro atoms. The van der Waals surface area contributed by atoms with Gasteiger partial charge in [-0.05, 0) is 31.7 Å². The maximum atomic E-state index is 13.1. The number of oxime groups is 1. The highest BCUT2D eigenvalue weighted by Gasteiger charge is 2.55. The van der Waals surface area contributed by atoms with Gasteiger partial charge in [-0.1, -0.05) is 5.16 Å². The van der Waals surface area contributed by atoms with Crippen LogP contribution >= 0.6 is 11.3 Å². The first-order chi connectivity index (χ1) is 16.9. The molecule has 36 heavy (non-hydrogen) atoms. The molecule has 0 aromatic carbocycles. The highest BCUT2D eigenvalue weighted by Crippen LogP contribution is 2.37. The Labute approximate surface area is 210 Å². The molecule has 4 heterocycles. The molecular weight excluding hydrogens is 488 g/mol. The van der Waals surface area contributed by atoms with Gasteiger partial charge in [0, 0.05) is 29.9 Å². The number of carboxylic acids is 1. The van der Waals surface area contributed by atoms with Gasteiger partial charge in [-0.15, -0.1) is 11.3 Å². The van der Waals surface area contributed by atoms with Gasteiger partial charge in [-0.25, -0.2) is 9.78 Å². The number of amides is 2. The molecule has 2 aliphatic heterocycles. The SMILES string of the molecule is CON=C(C(=O)N[C@@H]1C(=O)N2C(C(=O)O)=C([n+]3cccc4c3CCCC4)CCC12)c1csc(N)n1.[OH-]. The van der Waals surface area contributed by atoms with Crippen molar-refractivity contribution in [3.8, 4) is 0 Å². The van der Waals surface area contributed by atoms with Crippen molar-refractivity contribution in [2.45, 2.75) is 50.6 Å². The number of allylic oxidation sites excluding steroid dienone is 1. The van der Waals surface area contributed by atoms with Crippen molar-refractivity contribution >= 4 is 45.7 Å². The minimum Gasteiger partial charge on any atom is -0.870 e. The molecule has 0 radical (unpaired) electrons. The zero-order chi connectivity index (χ0) is 24.7. The van der Waals surface area contributed by atoms with E-state index < -0.39 is 29.9 Å². The summed E-state index contributed by atoms with van der Waals surface area (Å²) in [5.74, 6) is -2.28. The third kappa shape index (κ3) is 4.20. The number of β-lactam (4-membered cyclic amide) rings is 1. The van der Waals surface area contributed by atoms with Gasteiger partial charge in [0.15, 0.2) is 28.4 Å². The van der Waals surface area contributed by atoms with E-state index in [9.17, 15) is 19.5 Å². The molecule has 3 aliphatic rings. The molecule has 1 saturated heterocycles. The van der Waals surface area contributed by atoms with E-state index in [0.717, 1.165) is 42.7 Å². The number of nitrogen functional groups attached to an aromatic ring is 1. The zero-order valence-corrected chi connectivity index (χ0v) is 20.3. The molecule has 2 aromatic rings. The van der Waals surface area contributed by atoms with Gasteiger partial charge >= 0.3 is 5.97 Å². The minimum absolute atomic E-state index is 0. The van der Waals surface area contributed by atoms with Crippen LogP contribution in [0.1, 0.15) is 42.6 Å². The van der Waals surface area contributed by atoms with Crippen LogP contribution in [0.15, 0.2) is 34.6 Å². The average Bonchev–Trinajstić information content (AvgIpc) is 3.29. The van der Waals surface area contributed by atoms with Gasteiger partial charge < -0.3 is 26.5 Å². The molecule has 1 aliphatic carbocycles. The highest BCUT2D eigenvalue weighted by atomic mass is 32.1. The van der Waals surface area contributed by atoms with E-state index in [1.54, 1.807) is 5.38 Å². The number of nitrogens with two attached hydrogens (primary N) is 1. The number of hydrogen-bond donors (Lipinski definition) is 3. The maximum absolute atomic E-state index is 13.1. The number of rotatable bonds is 6. The molecule has 5 rings (SSSR count). The lowest BCUT2D eigenvalue weighted by molar-refractivity contribution is -0.594. The Hall–Kier alpha value is -3.84. The predicted octanol–water partition coefficient (Wildman–Crippen LogP) is 0.508. The van der Waals surface area contributed by atoms with Crippen molar-refractivity contribution in [2.75, 3.05) is 12.8 Å². The van der Waals surface area contributed by atoms with Gasteiger partial charge in [0.25, 0.3) is 11.8 Å². The van der Waals surface area contributed by atoms with Crippen LogP contribution in [0.5, 0.6) is 0 Å². The Bertz CT molecular complexity index is 1290. The Morgan fingerprint density at radius 2 is 2.11 bits per heavy atom. The molecule has 1 unspecified atom stereocenters. The normalized spacial score (nSPS) is 21.1. The molecular formula is C23H26N6O6S. The number of carbonyl (C=O) groups excluding carboxylic acids is 2. The first kappa shape index (κ1) is 25.3. The second kappa shape index (κ2) is 10.0. The number of pyridine rings is 1. The molecule has 0 saturated carbocycles. The number of carbonyl (C=O) groups is 3. The molecule has 5 N–H and O–H groups in total. The highest BCUT2D eigenvalue weighted by molar-refractivity contribution is 7.13. The first-order valence-corrected chi connectivity index (χ1v) is 12.2. The Balaban J connectivity index is 0.00000304. The van der Waals surface area contributed by atoms with Crippen LogP contribution in [-0.2, 0) is 32.1 Å². The summed E-state index contributed by atoms with van der Waals surface area (Å²) in [5, 5.41) is 18.3. The topological polar surface area (TPSA) is 181 Å². The number of carboxylic acid groups (broad SMARTS) is 1. The predicted molar refractivity (Wildman–Crippen MR) is 128 cm³/mol. The second-order valence-corrected chi connectivity index (χ2v) is 9.51. The van der Waals surface area contributed by atoms with Crippen LogP contribution in [-0.4, -0.2) is 63.2 Å². The minimum atomic E-state index is -1.16. The number of aryl methyl sites for hydroxylation is 1. The average molecular weight is 515 g/mol. The summed E-state index contributed by atoms with van der Waals surface area (Å²) in [7, 11) is 1.30. The van der Waals surface area contributed by atoms with E-state index in [-0.39, 0.29) is 27.7 Å². The lowest BCUT2D eigenvalue weighted by Gasteiger charge is -2.48. The van der Waals surface area contributed by atoms with Gasteiger partial charge in [-0.2, -0.15) is 4.57 Å². The number of thiazole rings is 1. The summed E-state index contributed by atoms with van der Waals surface area (Å²) in [6.07, 6.45) is 6.83. The van der Waals surface area contributed by atoms with Crippen LogP contribution in [0.4, 0.5) is 5.13 Å². The second-order valence-electron chi connectivity index (χ2n) is 8.62. The van der Waals surface area contributed by atoms with Crippen molar-refractivity contribution in [2.24, 2.45) is 5.16 Å². The van der Waals surface area contributed by atoms with Gasteiger partial charge in [-0.3, -0.25) is 14.5 Å².